The molecule has 0 aliphatic carbocycles. The highest BCUT2D eigenvalue weighted by atomic mass is 79.9. The molecule has 0 saturated carbocycles. The van der Waals surface area contributed by atoms with E-state index >= 15 is 0 Å². The van der Waals surface area contributed by atoms with Crippen molar-refractivity contribution in [2.24, 2.45) is 0 Å². The Balaban J connectivity index is 1.49. The molecule has 0 spiro atoms. The Morgan fingerprint density at radius 1 is 1.10 bits per heavy atom. The van der Waals surface area contributed by atoms with Gasteiger partial charge in [0, 0.05) is 21.7 Å². The third kappa shape index (κ3) is 3.44. The maximum Gasteiger partial charge on any atom is 0.291 e. The number of furan rings is 1. The van der Waals surface area contributed by atoms with Gasteiger partial charge in [-0.3, -0.25) is 4.79 Å². The van der Waals surface area contributed by atoms with Crippen LogP contribution >= 0.6 is 27.3 Å². The highest BCUT2D eigenvalue weighted by Crippen LogP contribution is 2.25. The van der Waals surface area contributed by atoms with Crippen LogP contribution < -0.4 is 14.8 Å². The van der Waals surface area contributed by atoms with Crippen LogP contribution in [0, 0.1) is 0 Å². The molecule has 0 N–H and O–H groups in total. The molecule has 0 aliphatic rings. The Morgan fingerprint density at radius 3 is 2.67 bits per heavy atom. The summed E-state index contributed by atoms with van der Waals surface area (Å²) in [6.07, 6.45) is 1.72. The largest absolute Gasteiger partial charge is 0.497 e. The molecule has 0 fully saturated rings. The van der Waals surface area contributed by atoms with E-state index in [-0.39, 0.29) is 5.56 Å². The van der Waals surface area contributed by atoms with Gasteiger partial charge in [0.2, 0.25) is 4.96 Å². The predicted octanol–water partition coefficient (Wildman–Crippen LogP) is 4.40. The molecule has 0 atom stereocenters. The van der Waals surface area contributed by atoms with Crippen molar-refractivity contribution in [3.8, 4) is 28.5 Å². The van der Waals surface area contributed by atoms with Crippen molar-refractivity contribution >= 4 is 38.3 Å². The Labute approximate surface area is 183 Å². The van der Waals surface area contributed by atoms with Crippen molar-refractivity contribution in [1.82, 2.24) is 14.6 Å². The van der Waals surface area contributed by atoms with Crippen molar-refractivity contribution in [2.75, 3.05) is 7.11 Å². The maximum atomic E-state index is 12.8. The van der Waals surface area contributed by atoms with Gasteiger partial charge in [-0.2, -0.15) is 9.50 Å². The van der Waals surface area contributed by atoms with Crippen LogP contribution in [-0.4, -0.2) is 21.7 Å². The monoisotopic (exact) mass is 479 g/mol. The Bertz CT molecular complexity index is 1470. The van der Waals surface area contributed by atoms with E-state index in [2.05, 4.69) is 26.0 Å². The fraction of sp³-hybridized carbons (Fsp3) is 0.0455. The lowest BCUT2D eigenvalue weighted by atomic mass is 10.2. The van der Waals surface area contributed by atoms with Crippen LogP contribution in [0.4, 0.5) is 0 Å². The number of fused-ring (bicyclic) bond motifs is 1. The van der Waals surface area contributed by atoms with Crippen molar-refractivity contribution in [3.63, 3.8) is 0 Å². The van der Waals surface area contributed by atoms with E-state index in [0.29, 0.717) is 21.1 Å². The van der Waals surface area contributed by atoms with Gasteiger partial charge >= 0.3 is 0 Å². The number of hydrogen-bond acceptors (Lipinski definition) is 6. The molecule has 0 unspecified atom stereocenters. The lowest BCUT2D eigenvalue weighted by molar-refractivity contribution is 0.415. The van der Waals surface area contributed by atoms with Crippen LogP contribution in [0.15, 0.2) is 74.3 Å². The summed E-state index contributed by atoms with van der Waals surface area (Å²) in [7, 11) is 1.61. The van der Waals surface area contributed by atoms with Gasteiger partial charge in [-0.05, 0) is 48.5 Å². The van der Waals surface area contributed by atoms with Crippen molar-refractivity contribution in [3.05, 3.63) is 85.8 Å². The summed E-state index contributed by atoms with van der Waals surface area (Å²) in [4.78, 5) is 17.8. The number of aromatic nitrogens is 3. The van der Waals surface area contributed by atoms with E-state index in [0.717, 1.165) is 27.1 Å². The van der Waals surface area contributed by atoms with Crippen molar-refractivity contribution in [1.29, 1.82) is 0 Å². The number of halogens is 1. The normalized spacial score (nSPS) is 12.0. The lowest BCUT2D eigenvalue weighted by Gasteiger charge is -1.99. The van der Waals surface area contributed by atoms with E-state index < -0.39 is 0 Å². The first kappa shape index (κ1) is 18.8. The standard InChI is InChI=1S/C22H14BrN3O3S/c1-28-16-7-5-13(6-8-16)20-24-22-26(25-20)21(27)19(30-22)12-17-9-10-18(29-17)14-3-2-4-15(23)11-14/h2-12H,1H3. The Kier molecular flexibility index (Phi) is 4.72. The smallest absolute Gasteiger partial charge is 0.291 e. The second kappa shape index (κ2) is 7.55. The SMILES string of the molecule is COc1ccc(-c2nc3sc(=Cc4ccc(-c5cccc(Br)c5)o4)c(=O)n3n2)cc1. The molecule has 0 aliphatic heterocycles. The predicted molar refractivity (Wildman–Crippen MR) is 120 cm³/mol. The first-order chi connectivity index (χ1) is 14.6. The van der Waals surface area contributed by atoms with E-state index in [4.69, 9.17) is 9.15 Å². The number of thiazole rings is 1. The number of benzene rings is 2. The van der Waals surface area contributed by atoms with Crippen LogP contribution in [0.1, 0.15) is 5.76 Å². The van der Waals surface area contributed by atoms with E-state index in [1.165, 1.54) is 15.9 Å². The number of rotatable bonds is 4. The Hall–Kier alpha value is -3.23. The molecule has 3 aromatic heterocycles. The zero-order valence-corrected chi connectivity index (χ0v) is 18.1. The van der Waals surface area contributed by atoms with Gasteiger partial charge in [0.05, 0.1) is 7.11 Å². The van der Waals surface area contributed by atoms with E-state index in [9.17, 15) is 4.79 Å². The first-order valence-electron chi connectivity index (χ1n) is 9.02. The minimum atomic E-state index is -0.220. The fourth-order valence-corrected chi connectivity index (χ4v) is 4.34. The summed E-state index contributed by atoms with van der Waals surface area (Å²) in [6.45, 7) is 0. The number of nitrogens with zero attached hydrogens (tertiary/aromatic N) is 3. The number of ether oxygens (including phenoxy) is 1. The summed E-state index contributed by atoms with van der Waals surface area (Å²) in [5.41, 5.74) is 1.56. The second-order valence-electron chi connectivity index (χ2n) is 6.49. The average molecular weight is 480 g/mol. The van der Waals surface area contributed by atoms with E-state index in [1.54, 1.807) is 13.2 Å². The summed E-state index contributed by atoms with van der Waals surface area (Å²) >= 11 is 4.74. The van der Waals surface area contributed by atoms with Crippen LogP contribution in [0.2, 0.25) is 0 Å². The minimum Gasteiger partial charge on any atom is -0.497 e. The molecule has 6 nitrogen and oxygen atoms in total. The van der Waals surface area contributed by atoms with Gasteiger partial charge in [0.1, 0.15) is 21.8 Å². The summed E-state index contributed by atoms with van der Waals surface area (Å²) in [6, 6.07) is 19.0. The molecule has 5 aromatic rings. The molecule has 8 heteroatoms. The van der Waals surface area contributed by atoms with Crippen LogP contribution in [0.3, 0.4) is 0 Å². The summed E-state index contributed by atoms with van der Waals surface area (Å²) < 4.78 is 13.9. The molecule has 0 radical (unpaired) electrons. The summed E-state index contributed by atoms with van der Waals surface area (Å²) in [5, 5.41) is 4.37. The number of methoxy groups -OCH3 is 1. The molecular weight excluding hydrogens is 466 g/mol. The highest BCUT2D eigenvalue weighted by Gasteiger charge is 2.13. The highest BCUT2D eigenvalue weighted by molar-refractivity contribution is 9.10. The molecular formula is C22H14BrN3O3S. The second-order valence-corrected chi connectivity index (χ2v) is 8.41. The topological polar surface area (TPSA) is 69.6 Å². The third-order valence-corrected chi connectivity index (χ3v) is 5.99. The maximum absolute atomic E-state index is 12.8. The van der Waals surface area contributed by atoms with Crippen LogP contribution in [-0.2, 0) is 0 Å². The van der Waals surface area contributed by atoms with Crippen LogP contribution in [0.5, 0.6) is 5.75 Å². The average Bonchev–Trinajstić information content (AvgIpc) is 3.46. The molecule has 3 heterocycles. The lowest BCUT2D eigenvalue weighted by Crippen LogP contribution is -2.23. The van der Waals surface area contributed by atoms with Gasteiger partial charge in [-0.25, -0.2) is 0 Å². The van der Waals surface area contributed by atoms with E-state index in [1.807, 2.05) is 60.7 Å². The quantitative estimate of drug-likeness (QED) is 0.382. The summed E-state index contributed by atoms with van der Waals surface area (Å²) in [5.74, 6) is 2.59. The van der Waals surface area contributed by atoms with Gasteiger partial charge in [-0.1, -0.05) is 39.4 Å². The van der Waals surface area contributed by atoms with Crippen molar-refractivity contribution < 1.29 is 9.15 Å². The molecule has 2 aromatic carbocycles. The zero-order chi connectivity index (χ0) is 20.7. The van der Waals surface area contributed by atoms with Gasteiger partial charge in [-0.15, -0.1) is 5.10 Å². The Morgan fingerprint density at radius 2 is 1.93 bits per heavy atom. The molecule has 0 bridgehead atoms. The van der Waals surface area contributed by atoms with Crippen LogP contribution in [0.25, 0.3) is 33.7 Å². The fourth-order valence-electron chi connectivity index (χ4n) is 3.05. The van der Waals surface area contributed by atoms with Gasteiger partial charge < -0.3 is 9.15 Å². The first-order valence-corrected chi connectivity index (χ1v) is 10.6. The molecule has 0 saturated heterocycles. The number of hydrogen-bond donors (Lipinski definition) is 0. The molecule has 148 valence electrons. The molecule has 0 amide bonds. The zero-order valence-electron chi connectivity index (χ0n) is 15.7. The van der Waals surface area contributed by atoms with Crippen molar-refractivity contribution in [2.45, 2.75) is 0 Å². The molecule has 30 heavy (non-hydrogen) atoms. The molecule has 5 rings (SSSR count). The van der Waals surface area contributed by atoms with Gasteiger partial charge in [0.25, 0.3) is 5.56 Å². The third-order valence-electron chi connectivity index (χ3n) is 4.54. The van der Waals surface area contributed by atoms with Gasteiger partial charge in [0.15, 0.2) is 5.82 Å². The minimum absolute atomic E-state index is 0.220.